The quantitative estimate of drug-likeness (QED) is 0.194. The molecule has 2 unspecified atom stereocenters. The van der Waals surface area contributed by atoms with E-state index in [0.717, 1.165) is 65.2 Å². The SMILES string of the molecule is CCCCCCC(C(=O)OOC(C)=O)C(C(=O)OOC(C)=O)C1CCC(CCCCC)CC1. The first-order valence-electron chi connectivity index (χ1n) is 12.6. The molecular weight excluding hydrogens is 428 g/mol. The summed E-state index contributed by atoms with van der Waals surface area (Å²) < 4.78 is 0. The lowest BCUT2D eigenvalue weighted by Gasteiger charge is -2.35. The molecule has 0 amide bonds. The smallest absolute Gasteiger partial charge is 0.248 e. The van der Waals surface area contributed by atoms with Crippen molar-refractivity contribution in [2.24, 2.45) is 23.7 Å². The van der Waals surface area contributed by atoms with Crippen LogP contribution in [0.4, 0.5) is 0 Å². The highest BCUT2D eigenvalue weighted by atomic mass is 17.2. The lowest BCUT2D eigenvalue weighted by Crippen LogP contribution is -2.39. The summed E-state index contributed by atoms with van der Waals surface area (Å²) in [4.78, 5) is 66.7. The van der Waals surface area contributed by atoms with Gasteiger partial charge in [0.05, 0.1) is 11.8 Å². The Labute approximate surface area is 197 Å². The Morgan fingerprint density at radius 2 is 1.24 bits per heavy atom. The molecule has 1 aliphatic rings. The van der Waals surface area contributed by atoms with Gasteiger partial charge in [0, 0.05) is 13.8 Å². The van der Waals surface area contributed by atoms with Crippen molar-refractivity contribution in [3.63, 3.8) is 0 Å². The Balaban J connectivity index is 2.98. The van der Waals surface area contributed by atoms with Crippen molar-refractivity contribution in [3.05, 3.63) is 0 Å². The minimum absolute atomic E-state index is 0.100. The summed E-state index contributed by atoms with van der Waals surface area (Å²) in [7, 11) is 0. The van der Waals surface area contributed by atoms with E-state index in [1.807, 2.05) is 0 Å². The third-order valence-electron chi connectivity index (χ3n) is 6.47. The van der Waals surface area contributed by atoms with Crippen LogP contribution in [0.15, 0.2) is 0 Å². The lowest BCUT2D eigenvalue weighted by atomic mass is 9.69. The molecule has 1 rings (SSSR count). The fourth-order valence-corrected chi connectivity index (χ4v) is 4.76. The number of carbonyl (C=O) groups is 4. The number of hydrogen-bond acceptors (Lipinski definition) is 8. The maximum atomic E-state index is 13.0. The van der Waals surface area contributed by atoms with Crippen LogP contribution in [-0.4, -0.2) is 23.9 Å². The molecule has 190 valence electrons. The highest BCUT2D eigenvalue weighted by molar-refractivity contribution is 5.82. The van der Waals surface area contributed by atoms with Gasteiger partial charge in [0.15, 0.2) is 0 Å². The van der Waals surface area contributed by atoms with Gasteiger partial charge in [-0.05, 0) is 31.1 Å². The predicted octanol–water partition coefficient (Wildman–Crippen LogP) is 5.62. The summed E-state index contributed by atoms with van der Waals surface area (Å²) in [6.07, 6.45) is 12.4. The first-order valence-corrected chi connectivity index (χ1v) is 12.6. The van der Waals surface area contributed by atoms with Crippen LogP contribution in [0.2, 0.25) is 0 Å². The number of rotatable bonds is 13. The van der Waals surface area contributed by atoms with Crippen LogP contribution in [0.5, 0.6) is 0 Å². The lowest BCUT2D eigenvalue weighted by molar-refractivity contribution is -0.270. The zero-order chi connectivity index (χ0) is 24.6. The molecule has 33 heavy (non-hydrogen) atoms. The van der Waals surface area contributed by atoms with Crippen LogP contribution < -0.4 is 0 Å². The van der Waals surface area contributed by atoms with Gasteiger partial charge in [-0.2, -0.15) is 0 Å². The highest BCUT2D eigenvalue weighted by Crippen LogP contribution is 2.40. The van der Waals surface area contributed by atoms with Crippen LogP contribution in [0.25, 0.3) is 0 Å². The molecule has 0 aromatic rings. The fourth-order valence-electron chi connectivity index (χ4n) is 4.76. The Hall–Kier alpha value is -2.12. The molecule has 1 saturated carbocycles. The number of hydrogen-bond donors (Lipinski definition) is 0. The van der Waals surface area contributed by atoms with Crippen molar-refractivity contribution < 1.29 is 38.7 Å². The molecule has 0 saturated heterocycles. The van der Waals surface area contributed by atoms with Crippen LogP contribution >= 0.6 is 0 Å². The Kier molecular flexibility index (Phi) is 14.4. The van der Waals surface area contributed by atoms with E-state index in [1.165, 1.54) is 25.7 Å². The van der Waals surface area contributed by atoms with Crippen LogP contribution in [0.1, 0.15) is 111 Å². The van der Waals surface area contributed by atoms with Crippen molar-refractivity contribution in [3.8, 4) is 0 Å². The van der Waals surface area contributed by atoms with Crippen molar-refractivity contribution in [2.75, 3.05) is 0 Å². The van der Waals surface area contributed by atoms with E-state index in [0.29, 0.717) is 12.3 Å². The van der Waals surface area contributed by atoms with Crippen LogP contribution in [-0.2, 0) is 38.7 Å². The molecule has 0 aromatic carbocycles. The largest absolute Gasteiger partial charge is 0.359 e. The van der Waals surface area contributed by atoms with Gasteiger partial charge in [-0.1, -0.05) is 78.1 Å². The Morgan fingerprint density at radius 1 is 0.697 bits per heavy atom. The molecule has 1 aliphatic carbocycles. The normalized spacial score (nSPS) is 19.8. The molecule has 0 heterocycles. The Morgan fingerprint density at radius 3 is 1.79 bits per heavy atom. The summed E-state index contributed by atoms with van der Waals surface area (Å²) in [6.45, 7) is 6.55. The van der Waals surface area contributed by atoms with Crippen molar-refractivity contribution in [1.29, 1.82) is 0 Å². The average molecular weight is 471 g/mol. The highest BCUT2D eigenvalue weighted by Gasteiger charge is 2.44. The third-order valence-corrected chi connectivity index (χ3v) is 6.47. The molecule has 8 heteroatoms. The zero-order valence-electron chi connectivity index (χ0n) is 20.8. The van der Waals surface area contributed by atoms with Crippen molar-refractivity contribution in [2.45, 2.75) is 111 Å². The second-order valence-corrected chi connectivity index (χ2v) is 9.21. The molecule has 0 spiro atoms. The van der Waals surface area contributed by atoms with Gasteiger partial charge < -0.3 is 0 Å². The molecule has 0 N–H and O–H groups in total. The monoisotopic (exact) mass is 470 g/mol. The average Bonchev–Trinajstić information content (AvgIpc) is 2.78. The van der Waals surface area contributed by atoms with E-state index in [-0.39, 0.29) is 5.92 Å². The Bertz CT molecular complexity index is 610. The molecule has 0 radical (unpaired) electrons. The second-order valence-electron chi connectivity index (χ2n) is 9.21. The van der Waals surface area contributed by atoms with E-state index in [2.05, 4.69) is 23.6 Å². The summed E-state index contributed by atoms with van der Waals surface area (Å²) in [5.41, 5.74) is 0. The van der Waals surface area contributed by atoms with E-state index in [1.54, 1.807) is 0 Å². The first-order chi connectivity index (χ1) is 15.8. The van der Waals surface area contributed by atoms with E-state index in [4.69, 9.17) is 9.78 Å². The zero-order valence-corrected chi connectivity index (χ0v) is 20.8. The van der Waals surface area contributed by atoms with Gasteiger partial charge in [-0.25, -0.2) is 38.7 Å². The molecule has 1 fully saturated rings. The summed E-state index contributed by atoms with van der Waals surface area (Å²) in [5.74, 6) is -4.16. The van der Waals surface area contributed by atoms with Gasteiger partial charge in [0.25, 0.3) is 0 Å². The fraction of sp³-hybridized carbons (Fsp3) is 0.840. The summed E-state index contributed by atoms with van der Waals surface area (Å²) in [6, 6.07) is 0. The third kappa shape index (κ3) is 11.5. The number of unbranched alkanes of at least 4 members (excludes halogenated alkanes) is 5. The van der Waals surface area contributed by atoms with E-state index in [9.17, 15) is 19.2 Å². The summed E-state index contributed by atoms with van der Waals surface area (Å²) >= 11 is 0. The maximum Gasteiger partial charge on any atom is 0.359 e. The second kappa shape index (κ2) is 16.5. The van der Waals surface area contributed by atoms with Crippen molar-refractivity contribution >= 4 is 23.9 Å². The van der Waals surface area contributed by atoms with Crippen molar-refractivity contribution in [1.82, 2.24) is 0 Å². The minimum atomic E-state index is -0.842. The van der Waals surface area contributed by atoms with Crippen LogP contribution in [0.3, 0.4) is 0 Å². The van der Waals surface area contributed by atoms with Gasteiger partial charge >= 0.3 is 23.9 Å². The van der Waals surface area contributed by atoms with E-state index >= 15 is 0 Å². The van der Waals surface area contributed by atoms with Gasteiger partial charge in [0.2, 0.25) is 0 Å². The van der Waals surface area contributed by atoms with Crippen LogP contribution in [0, 0.1) is 23.7 Å². The molecule has 8 nitrogen and oxygen atoms in total. The predicted molar refractivity (Wildman–Crippen MR) is 121 cm³/mol. The maximum absolute atomic E-state index is 13.0. The van der Waals surface area contributed by atoms with Gasteiger partial charge in [-0.3, -0.25) is 0 Å². The van der Waals surface area contributed by atoms with Gasteiger partial charge in [0.1, 0.15) is 0 Å². The van der Waals surface area contributed by atoms with Gasteiger partial charge in [-0.15, -0.1) is 0 Å². The molecule has 2 atom stereocenters. The first kappa shape index (κ1) is 28.9. The molecule has 0 aliphatic heterocycles. The topological polar surface area (TPSA) is 105 Å². The van der Waals surface area contributed by atoms with E-state index < -0.39 is 35.7 Å². The molecular formula is C25H42O8. The summed E-state index contributed by atoms with van der Waals surface area (Å²) in [5, 5.41) is 0. The number of carbonyl (C=O) groups excluding carboxylic acids is 4. The molecule has 0 aromatic heterocycles. The molecule has 0 bridgehead atoms. The standard InChI is InChI=1S/C25H42O8/c1-5-7-9-11-13-22(24(28)32-30-18(3)26)23(25(29)33-31-19(4)27)21-16-14-20(15-17-21)12-10-8-6-2/h20-23H,5-17H2,1-4H3. The minimum Gasteiger partial charge on any atom is -0.248 e.